The molecule has 2 heterocycles. The average Bonchev–Trinajstić information content (AvgIpc) is 3.56. The zero-order chi connectivity index (χ0) is 21.7. The van der Waals surface area contributed by atoms with Crippen LogP contribution in [0.25, 0.3) is 0 Å². The van der Waals surface area contributed by atoms with Crippen LogP contribution >= 0.6 is 0 Å². The Labute approximate surface area is 189 Å². The Balaban J connectivity index is 1.38. The number of nitrogens with two attached hydrogens (primary N) is 1. The van der Waals surface area contributed by atoms with Crippen molar-refractivity contribution in [3.8, 4) is 0 Å². The van der Waals surface area contributed by atoms with Gasteiger partial charge < -0.3 is 15.4 Å². The van der Waals surface area contributed by atoms with Gasteiger partial charge >= 0.3 is 0 Å². The molecule has 0 bridgehead atoms. The summed E-state index contributed by atoms with van der Waals surface area (Å²) in [4.78, 5) is 7.40. The number of halogens is 1. The van der Waals surface area contributed by atoms with Crippen LogP contribution in [0.5, 0.6) is 0 Å². The smallest absolute Gasteiger partial charge is 0.288 e. The Bertz CT molecular complexity index is 1030. The maximum absolute atomic E-state index is 13.7. The molecule has 0 radical (unpaired) electrons. The summed E-state index contributed by atoms with van der Waals surface area (Å²) in [6.45, 7) is 1.47. The van der Waals surface area contributed by atoms with Gasteiger partial charge in [0.15, 0.2) is 0 Å². The van der Waals surface area contributed by atoms with Crippen LogP contribution in [-0.4, -0.2) is 35.7 Å². The van der Waals surface area contributed by atoms with E-state index in [1.165, 1.54) is 42.4 Å². The monoisotopic (exact) mass is 433 g/mol. The van der Waals surface area contributed by atoms with Crippen molar-refractivity contribution in [1.82, 2.24) is 4.90 Å². The second kappa shape index (κ2) is 7.87. The van der Waals surface area contributed by atoms with E-state index in [0.29, 0.717) is 12.5 Å². The third kappa shape index (κ3) is 3.51. The van der Waals surface area contributed by atoms with E-state index in [1.54, 1.807) is 12.1 Å². The van der Waals surface area contributed by atoms with E-state index in [4.69, 9.17) is 15.5 Å². The first-order valence-electron chi connectivity index (χ1n) is 12.2. The van der Waals surface area contributed by atoms with E-state index in [2.05, 4.69) is 23.1 Å². The molecule has 2 saturated carbocycles. The standard InChI is InChI=1S/C27H32FN3O/c28-22-8-5-19(6-9-22)25-24-10-7-20(18-3-1-2-4-18)15-21(24)12-14-31(25)26-30-27(17-32-26)13-11-23(29)16-27/h5-10,15,18,23,25H,1-4,11-14,16-17,29H2/t23-,25+,27-/m1/s1. The normalized spacial score (nSPS) is 29.9. The molecule has 2 aliphatic carbocycles. The SMILES string of the molecule is N[C@@H]1CC[C@]2(COC(N3CCc4cc(C5CCCC5)ccc4[C@@H]3c3ccc(F)cc3)=N2)C1. The lowest BCUT2D eigenvalue weighted by molar-refractivity contribution is 0.202. The maximum Gasteiger partial charge on any atom is 0.288 e. The van der Waals surface area contributed by atoms with Crippen molar-refractivity contribution in [2.45, 2.75) is 74.9 Å². The van der Waals surface area contributed by atoms with Crippen molar-refractivity contribution in [2.75, 3.05) is 13.2 Å². The van der Waals surface area contributed by atoms with Crippen LogP contribution in [-0.2, 0) is 11.2 Å². The van der Waals surface area contributed by atoms with Crippen molar-refractivity contribution in [3.63, 3.8) is 0 Å². The molecule has 32 heavy (non-hydrogen) atoms. The number of hydrogen-bond acceptors (Lipinski definition) is 4. The molecule has 0 aromatic heterocycles. The van der Waals surface area contributed by atoms with Gasteiger partial charge in [-0.3, -0.25) is 0 Å². The fraction of sp³-hybridized carbons (Fsp3) is 0.519. The molecule has 0 amide bonds. The van der Waals surface area contributed by atoms with E-state index in [0.717, 1.165) is 43.8 Å². The molecular formula is C27H32FN3O. The average molecular weight is 434 g/mol. The molecular weight excluding hydrogens is 401 g/mol. The van der Waals surface area contributed by atoms with E-state index >= 15 is 0 Å². The Morgan fingerprint density at radius 1 is 1.03 bits per heavy atom. The van der Waals surface area contributed by atoms with Gasteiger partial charge in [0, 0.05) is 12.6 Å². The van der Waals surface area contributed by atoms with Gasteiger partial charge in [0.2, 0.25) is 0 Å². The van der Waals surface area contributed by atoms with Gasteiger partial charge in [-0.05, 0) is 78.8 Å². The number of fused-ring (bicyclic) bond motifs is 1. The largest absolute Gasteiger partial charge is 0.463 e. The van der Waals surface area contributed by atoms with E-state index in [-0.39, 0.29) is 23.4 Å². The second-order valence-corrected chi connectivity index (χ2v) is 10.2. The highest BCUT2D eigenvalue weighted by atomic mass is 19.1. The minimum absolute atomic E-state index is 0.0130. The van der Waals surface area contributed by atoms with Crippen LogP contribution in [0.1, 0.15) is 79.2 Å². The first-order chi connectivity index (χ1) is 15.6. The number of amidine groups is 1. The molecule has 1 spiro atoms. The van der Waals surface area contributed by atoms with Crippen LogP contribution in [0.3, 0.4) is 0 Å². The Hall–Kier alpha value is -2.40. The quantitative estimate of drug-likeness (QED) is 0.720. The van der Waals surface area contributed by atoms with Crippen molar-refractivity contribution in [3.05, 3.63) is 70.5 Å². The van der Waals surface area contributed by atoms with Crippen LogP contribution < -0.4 is 5.73 Å². The molecule has 2 fully saturated rings. The molecule has 2 N–H and O–H groups in total. The molecule has 168 valence electrons. The fourth-order valence-electron chi connectivity index (χ4n) is 6.36. The summed E-state index contributed by atoms with van der Waals surface area (Å²) >= 11 is 0. The molecule has 6 rings (SSSR count). The number of nitrogens with zero attached hydrogens (tertiary/aromatic N) is 2. The van der Waals surface area contributed by atoms with Gasteiger partial charge in [0.25, 0.3) is 6.02 Å². The van der Waals surface area contributed by atoms with Crippen LogP contribution in [0, 0.1) is 5.82 Å². The molecule has 2 aromatic carbocycles. The molecule has 0 saturated heterocycles. The number of benzene rings is 2. The highest BCUT2D eigenvalue weighted by Gasteiger charge is 2.45. The van der Waals surface area contributed by atoms with Crippen molar-refractivity contribution < 1.29 is 9.13 Å². The molecule has 4 aliphatic rings. The second-order valence-electron chi connectivity index (χ2n) is 10.2. The summed E-state index contributed by atoms with van der Waals surface area (Å²) in [6, 6.07) is 14.9. The summed E-state index contributed by atoms with van der Waals surface area (Å²) in [5.41, 5.74) is 11.3. The molecule has 5 heteroatoms. The van der Waals surface area contributed by atoms with E-state index < -0.39 is 0 Å². The topological polar surface area (TPSA) is 50.9 Å². The molecule has 0 unspecified atom stereocenters. The van der Waals surface area contributed by atoms with Crippen molar-refractivity contribution in [1.29, 1.82) is 0 Å². The minimum atomic E-state index is -0.207. The first kappa shape index (κ1) is 20.2. The highest BCUT2D eigenvalue weighted by Crippen LogP contribution is 2.42. The Morgan fingerprint density at radius 3 is 2.56 bits per heavy atom. The molecule has 3 atom stereocenters. The lowest BCUT2D eigenvalue weighted by Crippen LogP contribution is -2.41. The molecule has 2 aromatic rings. The van der Waals surface area contributed by atoms with Gasteiger partial charge in [0.1, 0.15) is 18.0 Å². The van der Waals surface area contributed by atoms with Crippen molar-refractivity contribution >= 4 is 6.02 Å². The highest BCUT2D eigenvalue weighted by molar-refractivity contribution is 5.78. The number of hydrogen-bond donors (Lipinski definition) is 1. The Kier molecular flexibility index (Phi) is 4.98. The minimum Gasteiger partial charge on any atom is -0.463 e. The summed E-state index contributed by atoms with van der Waals surface area (Å²) in [6.07, 6.45) is 9.17. The number of ether oxygens (including phenoxy) is 1. The third-order valence-corrected chi connectivity index (χ3v) is 8.08. The summed E-state index contributed by atoms with van der Waals surface area (Å²) in [7, 11) is 0. The van der Waals surface area contributed by atoms with Crippen molar-refractivity contribution in [2.24, 2.45) is 10.7 Å². The molecule has 4 nitrogen and oxygen atoms in total. The Morgan fingerprint density at radius 2 is 1.81 bits per heavy atom. The van der Waals surface area contributed by atoms with Crippen LogP contribution in [0.15, 0.2) is 47.5 Å². The fourth-order valence-corrected chi connectivity index (χ4v) is 6.36. The van der Waals surface area contributed by atoms with Gasteiger partial charge in [0.05, 0.1) is 6.04 Å². The maximum atomic E-state index is 13.7. The molecule has 2 aliphatic heterocycles. The van der Waals surface area contributed by atoms with Crippen LogP contribution in [0.4, 0.5) is 4.39 Å². The summed E-state index contributed by atoms with van der Waals surface area (Å²) in [5, 5.41) is 0. The van der Waals surface area contributed by atoms with Gasteiger partial charge in [-0.25, -0.2) is 9.38 Å². The predicted octanol–water partition coefficient (Wildman–Crippen LogP) is 5.07. The summed E-state index contributed by atoms with van der Waals surface area (Å²) in [5.74, 6) is 0.498. The van der Waals surface area contributed by atoms with E-state index in [1.807, 2.05) is 12.1 Å². The zero-order valence-corrected chi connectivity index (χ0v) is 18.6. The lowest BCUT2D eigenvalue weighted by Gasteiger charge is -2.38. The number of rotatable bonds is 2. The van der Waals surface area contributed by atoms with E-state index in [9.17, 15) is 4.39 Å². The summed E-state index contributed by atoms with van der Waals surface area (Å²) < 4.78 is 20.0. The van der Waals surface area contributed by atoms with Gasteiger partial charge in [-0.2, -0.15) is 0 Å². The first-order valence-corrected chi connectivity index (χ1v) is 12.2. The lowest BCUT2D eigenvalue weighted by atomic mass is 9.85. The predicted molar refractivity (Wildman–Crippen MR) is 124 cm³/mol. The van der Waals surface area contributed by atoms with Gasteiger partial charge in [-0.1, -0.05) is 43.2 Å². The van der Waals surface area contributed by atoms with Crippen LogP contribution in [0.2, 0.25) is 0 Å². The third-order valence-electron chi connectivity index (χ3n) is 8.08. The number of aliphatic imine (C=N–C) groups is 1. The van der Waals surface area contributed by atoms with Gasteiger partial charge in [-0.15, -0.1) is 0 Å². The zero-order valence-electron chi connectivity index (χ0n) is 18.6.